The van der Waals surface area contributed by atoms with E-state index in [4.69, 9.17) is 0 Å². The molecule has 19 heavy (non-hydrogen) atoms. The summed E-state index contributed by atoms with van der Waals surface area (Å²) in [4.78, 5) is 15.0. The lowest BCUT2D eigenvalue weighted by molar-refractivity contribution is -0.129. The van der Waals surface area contributed by atoms with Gasteiger partial charge in [-0.05, 0) is 31.0 Å². The zero-order chi connectivity index (χ0) is 13.7. The summed E-state index contributed by atoms with van der Waals surface area (Å²) in [6, 6.07) is 7.47. The minimum atomic E-state index is 0.181. The number of benzene rings is 1. The minimum Gasteiger partial charge on any atom is -0.508 e. The van der Waals surface area contributed by atoms with Gasteiger partial charge in [0.1, 0.15) is 5.75 Å². The first kappa shape index (κ1) is 14.3. The van der Waals surface area contributed by atoms with Gasteiger partial charge in [-0.15, -0.1) is 11.8 Å². The molecule has 0 radical (unpaired) electrons. The Kier molecular flexibility index (Phi) is 5.14. The van der Waals surface area contributed by atoms with Gasteiger partial charge in [0.2, 0.25) is 5.91 Å². The van der Waals surface area contributed by atoms with E-state index >= 15 is 0 Å². The Hall–Kier alpha value is -1.16. The van der Waals surface area contributed by atoms with Crippen LogP contribution in [0.1, 0.15) is 32.1 Å². The lowest BCUT2D eigenvalue weighted by Gasteiger charge is -2.31. The van der Waals surface area contributed by atoms with Gasteiger partial charge in [-0.25, -0.2) is 0 Å². The molecule has 0 bridgehead atoms. The van der Waals surface area contributed by atoms with Crippen LogP contribution in [0.15, 0.2) is 29.2 Å². The van der Waals surface area contributed by atoms with E-state index in [9.17, 15) is 9.90 Å². The van der Waals surface area contributed by atoms with Crippen molar-refractivity contribution in [2.24, 2.45) is 0 Å². The summed E-state index contributed by atoms with van der Waals surface area (Å²) in [7, 11) is 1.92. The van der Waals surface area contributed by atoms with Crippen LogP contribution in [0, 0.1) is 0 Å². The molecular weight excluding hydrogens is 258 g/mol. The number of aromatic hydroxyl groups is 1. The maximum Gasteiger partial charge on any atom is 0.232 e. The summed E-state index contributed by atoms with van der Waals surface area (Å²) < 4.78 is 0. The molecule has 2 rings (SSSR count). The Morgan fingerprint density at radius 1 is 1.37 bits per heavy atom. The Balaban J connectivity index is 1.83. The van der Waals surface area contributed by atoms with Crippen LogP contribution in [0.4, 0.5) is 0 Å². The van der Waals surface area contributed by atoms with Gasteiger partial charge in [0.05, 0.1) is 5.75 Å². The molecule has 104 valence electrons. The van der Waals surface area contributed by atoms with E-state index in [0.717, 1.165) is 17.7 Å². The number of nitrogens with zero attached hydrogens (tertiary/aromatic N) is 1. The molecule has 0 aromatic heterocycles. The third kappa shape index (κ3) is 4.16. The predicted molar refractivity (Wildman–Crippen MR) is 78.5 cm³/mol. The fraction of sp³-hybridized carbons (Fsp3) is 0.533. The van der Waals surface area contributed by atoms with E-state index in [1.807, 2.05) is 18.0 Å². The van der Waals surface area contributed by atoms with E-state index in [-0.39, 0.29) is 11.7 Å². The van der Waals surface area contributed by atoms with Crippen LogP contribution in [0.3, 0.4) is 0 Å². The normalized spacial score (nSPS) is 16.3. The molecule has 3 nitrogen and oxygen atoms in total. The molecule has 1 aromatic rings. The molecule has 1 aliphatic rings. The van der Waals surface area contributed by atoms with Crippen LogP contribution in [-0.2, 0) is 4.79 Å². The van der Waals surface area contributed by atoms with Gasteiger partial charge >= 0.3 is 0 Å². The third-order valence-electron chi connectivity index (χ3n) is 3.70. The molecule has 4 heteroatoms. The van der Waals surface area contributed by atoms with Crippen molar-refractivity contribution < 1.29 is 9.90 Å². The summed E-state index contributed by atoms with van der Waals surface area (Å²) in [5.74, 6) is 0.870. The van der Waals surface area contributed by atoms with E-state index < -0.39 is 0 Å². The highest BCUT2D eigenvalue weighted by Gasteiger charge is 2.21. The van der Waals surface area contributed by atoms with Crippen LogP contribution in [-0.4, -0.2) is 34.8 Å². The van der Waals surface area contributed by atoms with Gasteiger partial charge in [-0.2, -0.15) is 0 Å². The highest BCUT2D eigenvalue weighted by atomic mass is 32.2. The largest absolute Gasteiger partial charge is 0.508 e. The average Bonchev–Trinajstić information content (AvgIpc) is 2.45. The molecule has 1 aromatic carbocycles. The monoisotopic (exact) mass is 279 g/mol. The van der Waals surface area contributed by atoms with Crippen molar-refractivity contribution >= 4 is 17.7 Å². The van der Waals surface area contributed by atoms with E-state index in [1.165, 1.54) is 31.0 Å². The first-order chi connectivity index (χ1) is 9.16. The number of thioether (sulfide) groups is 1. The van der Waals surface area contributed by atoms with E-state index in [1.54, 1.807) is 18.2 Å². The van der Waals surface area contributed by atoms with Crippen molar-refractivity contribution in [1.82, 2.24) is 4.90 Å². The zero-order valence-electron chi connectivity index (χ0n) is 11.3. The van der Waals surface area contributed by atoms with Crippen LogP contribution in [0.25, 0.3) is 0 Å². The van der Waals surface area contributed by atoms with Gasteiger partial charge in [0.15, 0.2) is 0 Å². The smallest absolute Gasteiger partial charge is 0.232 e. The van der Waals surface area contributed by atoms with Crippen LogP contribution >= 0.6 is 11.8 Å². The highest BCUT2D eigenvalue weighted by Crippen LogP contribution is 2.25. The number of phenolic OH excluding ortho intramolecular Hbond substituents is 1. The van der Waals surface area contributed by atoms with Crippen molar-refractivity contribution in [3.63, 3.8) is 0 Å². The summed E-state index contributed by atoms with van der Waals surface area (Å²) in [5, 5.41) is 9.38. The molecule has 0 saturated heterocycles. The standard InChI is InChI=1S/C15H21NO2S/c1-16(12-6-3-2-4-7-12)15(18)11-19-14-9-5-8-13(17)10-14/h5,8-10,12,17H,2-4,6-7,11H2,1H3. The second-order valence-corrected chi connectivity index (χ2v) is 6.13. The molecule has 1 amide bonds. The van der Waals surface area contributed by atoms with Crippen LogP contribution in [0.5, 0.6) is 5.75 Å². The molecule has 0 atom stereocenters. The van der Waals surface area contributed by atoms with Gasteiger partial charge in [-0.1, -0.05) is 25.3 Å². The van der Waals surface area contributed by atoms with E-state index in [2.05, 4.69) is 0 Å². The van der Waals surface area contributed by atoms with Gasteiger partial charge in [0, 0.05) is 18.0 Å². The first-order valence-electron chi connectivity index (χ1n) is 6.84. The van der Waals surface area contributed by atoms with Crippen molar-refractivity contribution in [2.75, 3.05) is 12.8 Å². The van der Waals surface area contributed by atoms with Crippen molar-refractivity contribution in [2.45, 2.75) is 43.0 Å². The first-order valence-corrected chi connectivity index (χ1v) is 7.83. The molecule has 1 saturated carbocycles. The quantitative estimate of drug-likeness (QED) is 0.860. The topological polar surface area (TPSA) is 40.5 Å². The van der Waals surface area contributed by atoms with Gasteiger partial charge in [0.25, 0.3) is 0 Å². The molecule has 1 N–H and O–H groups in total. The van der Waals surface area contributed by atoms with Crippen LogP contribution < -0.4 is 0 Å². The number of rotatable bonds is 4. The van der Waals surface area contributed by atoms with Crippen molar-refractivity contribution in [1.29, 1.82) is 0 Å². The maximum absolute atomic E-state index is 12.1. The predicted octanol–water partition coefficient (Wildman–Crippen LogP) is 3.28. The molecule has 0 heterocycles. The summed E-state index contributed by atoms with van der Waals surface area (Å²) in [6.07, 6.45) is 6.05. The Labute approximate surface area is 119 Å². The number of carbonyl (C=O) groups excluding carboxylic acids is 1. The number of amides is 1. The fourth-order valence-corrected chi connectivity index (χ4v) is 3.36. The van der Waals surface area contributed by atoms with Crippen LogP contribution in [0.2, 0.25) is 0 Å². The fourth-order valence-electron chi connectivity index (χ4n) is 2.49. The Morgan fingerprint density at radius 3 is 2.79 bits per heavy atom. The van der Waals surface area contributed by atoms with Crippen molar-refractivity contribution in [3.05, 3.63) is 24.3 Å². The Morgan fingerprint density at radius 2 is 2.11 bits per heavy atom. The molecule has 0 unspecified atom stereocenters. The second kappa shape index (κ2) is 6.85. The number of hydrogen-bond donors (Lipinski definition) is 1. The average molecular weight is 279 g/mol. The molecule has 1 aliphatic carbocycles. The van der Waals surface area contributed by atoms with Crippen molar-refractivity contribution in [3.8, 4) is 5.75 Å². The lowest BCUT2D eigenvalue weighted by Crippen LogP contribution is -2.39. The number of hydrogen-bond acceptors (Lipinski definition) is 3. The van der Waals surface area contributed by atoms with Gasteiger partial charge in [-0.3, -0.25) is 4.79 Å². The van der Waals surface area contributed by atoms with E-state index in [0.29, 0.717) is 11.8 Å². The lowest BCUT2D eigenvalue weighted by atomic mass is 9.94. The molecule has 1 fully saturated rings. The number of carbonyl (C=O) groups is 1. The molecular formula is C15H21NO2S. The number of phenols is 1. The summed E-state index contributed by atoms with van der Waals surface area (Å²) in [6.45, 7) is 0. The zero-order valence-corrected chi connectivity index (χ0v) is 12.2. The second-order valence-electron chi connectivity index (χ2n) is 5.08. The van der Waals surface area contributed by atoms with Gasteiger partial charge < -0.3 is 10.0 Å². The summed E-state index contributed by atoms with van der Waals surface area (Å²) >= 11 is 1.48. The SMILES string of the molecule is CN(C(=O)CSc1cccc(O)c1)C1CCCCC1. The minimum absolute atomic E-state index is 0.181. The maximum atomic E-state index is 12.1. The third-order valence-corrected chi connectivity index (χ3v) is 4.67. The summed E-state index contributed by atoms with van der Waals surface area (Å²) in [5.41, 5.74) is 0. The molecule has 0 spiro atoms. The Bertz CT molecular complexity index is 430. The highest BCUT2D eigenvalue weighted by molar-refractivity contribution is 8.00. The molecule has 0 aliphatic heterocycles.